The van der Waals surface area contributed by atoms with Crippen molar-refractivity contribution < 1.29 is 27.4 Å². The second kappa shape index (κ2) is 8.37. The maximum Gasteiger partial charge on any atom is 0.344 e. The predicted octanol–water partition coefficient (Wildman–Crippen LogP) is 2.22. The molecule has 0 aliphatic carbocycles. The van der Waals surface area contributed by atoms with Crippen LogP contribution in [0.2, 0.25) is 0 Å². The van der Waals surface area contributed by atoms with Crippen LogP contribution in [0.5, 0.6) is 11.5 Å². The fourth-order valence-electron chi connectivity index (χ4n) is 2.28. The lowest BCUT2D eigenvalue weighted by atomic mass is 10.1. The molecule has 1 heterocycles. The second-order valence-corrected chi connectivity index (χ2v) is 8.54. The van der Waals surface area contributed by atoms with Gasteiger partial charge in [-0.15, -0.1) is 0 Å². The minimum absolute atomic E-state index is 0.0710. The molecule has 2 rings (SSSR count). The van der Waals surface area contributed by atoms with E-state index in [0.717, 1.165) is 6.42 Å². The minimum Gasteiger partial charge on any atom is -0.493 e. The largest absolute Gasteiger partial charge is 0.493 e. The Bertz CT molecular complexity index is 653. The van der Waals surface area contributed by atoms with Gasteiger partial charge in [0.05, 0.1) is 18.1 Å². The number of sulfone groups is 1. The number of carbonyl (C=O) groups is 1. The summed E-state index contributed by atoms with van der Waals surface area (Å²) >= 11 is 0. The van der Waals surface area contributed by atoms with Gasteiger partial charge >= 0.3 is 5.97 Å². The summed E-state index contributed by atoms with van der Waals surface area (Å²) in [5.74, 6) is 1.16. The highest BCUT2D eigenvalue weighted by atomic mass is 32.2. The molecule has 134 valence electrons. The lowest BCUT2D eigenvalue weighted by Crippen LogP contribution is -2.23. The Morgan fingerprint density at radius 1 is 1.25 bits per heavy atom. The van der Waals surface area contributed by atoms with Crippen molar-refractivity contribution >= 4 is 15.8 Å². The minimum atomic E-state index is -3.06. The van der Waals surface area contributed by atoms with Gasteiger partial charge in [-0.2, -0.15) is 0 Å². The Balaban J connectivity index is 1.76. The topological polar surface area (TPSA) is 78.9 Å². The van der Waals surface area contributed by atoms with Crippen molar-refractivity contribution in [2.75, 3.05) is 24.7 Å². The fourth-order valence-corrected chi connectivity index (χ4v) is 3.87. The Labute approximate surface area is 143 Å². The SMILES string of the molecule is CC(C)CCOc1cccc(OCC(=O)OC2CCS(=O)(=O)C2)c1. The van der Waals surface area contributed by atoms with E-state index < -0.39 is 21.9 Å². The first-order chi connectivity index (χ1) is 11.3. The first kappa shape index (κ1) is 18.6. The molecule has 0 spiro atoms. The average molecular weight is 356 g/mol. The van der Waals surface area contributed by atoms with E-state index in [1.807, 2.05) is 6.07 Å². The molecular weight excluding hydrogens is 332 g/mol. The highest BCUT2D eigenvalue weighted by Gasteiger charge is 2.30. The van der Waals surface area contributed by atoms with Gasteiger partial charge < -0.3 is 14.2 Å². The van der Waals surface area contributed by atoms with Crippen LogP contribution in [0.3, 0.4) is 0 Å². The van der Waals surface area contributed by atoms with Crippen LogP contribution in [-0.2, 0) is 19.4 Å². The van der Waals surface area contributed by atoms with Crippen LogP contribution in [0.4, 0.5) is 0 Å². The van der Waals surface area contributed by atoms with Crippen LogP contribution in [0.1, 0.15) is 26.7 Å². The quantitative estimate of drug-likeness (QED) is 0.665. The third-order valence-electron chi connectivity index (χ3n) is 3.61. The Kier molecular flexibility index (Phi) is 6.48. The highest BCUT2D eigenvalue weighted by molar-refractivity contribution is 7.91. The molecule has 24 heavy (non-hydrogen) atoms. The molecule has 0 radical (unpaired) electrons. The van der Waals surface area contributed by atoms with Gasteiger partial charge in [-0.1, -0.05) is 19.9 Å². The van der Waals surface area contributed by atoms with Gasteiger partial charge in [-0.3, -0.25) is 0 Å². The highest BCUT2D eigenvalue weighted by Crippen LogP contribution is 2.20. The van der Waals surface area contributed by atoms with E-state index in [4.69, 9.17) is 14.2 Å². The van der Waals surface area contributed by atoms with Crippen LogP contribution in [0, 0.1) is 5.92 Å². The molecule has 0 N–H and O–H groups in total. The summed E-state index contributed by atoms with van der Waals surface area (Å²) in [5, 5.41) is 0. The maximum atomic E-state index is 11.7. The van der Waals surface area contributed by atoms with E-state index in [0.29, 0.717) is 30.4 Å². The van der Waals surface area contributed by atoms with Gasteiger partial charge in [-0.25, -0.2) is 13.2 Å². The summed E-state index contributed by atoms with van der Waals surface area (Å²) in [5.41, 5.74) is 0. The average Bonchev–Trinajstić information content (AvgIpc) is 2.84. The van der Waals surface area contributed by atoms with E-state index in [-0.39, 0.29) is 18.1 Å². The van der Waals surface area contributed by atoms with Gasteiger partial charge in [0, 0.05) is 6.07 Å². The monoisotopic (exact) mass is 356 g/mol. The molecule has 1 atom stereocenters. The molecule has 1 aromatic carbocycles. The van der Waals surface area contributed by atoms with Crippen molar-refractivity contribution in [3.8, 4) is 11.5 Å². The van der Waals surface area contributed by atoms with Crippen molar-refractivity contribution in [3.63, 3.8) is 0 Å². The fraction of sp³-hybridized carbons (Fsp3) is 0.588. The third kappa shape index (κ3) is 6.39. The van der Waals surface area contributed by atoms with Crippen molar-refractivity contribution in [2.45, 2.75) is 32.8 Å². The van der Waals surface area contributed by atoms with E-state index in [2.05, 4.69) is 13.8 Å². The molecule has 1 aliphatic heterocycles. The zero-order chi connectivity index (χ0) is 17.6. The summed E-state index contributed by atoms with van der Waals surface area (Å²) in [4.78, 5) is 11.7. The number of hydrogen-bond acceptors (Lipinski definition) is 6. The summed E-state index contributed by atoms with van der Waals surface area (Å²) in [6.07, 6.45) is 0.756. The zero-order valence-electron chi connectivity index (χ0n) is 14.1. The van der Waals surface area contributed by atoms with E-state index >= 15 is 0 Å². The molecule has 6 nitrogen and oxygen atoms in total. The normalized spacial score (nSPS) is 19.2. The third-order valence-corrected chi connectivity index (χ3v) is 5.35. The molecular formula is C17H24O6S. The summed E-state index contributed by atoms with van der Waals surface area (Å²) in [6, 6.07) is 7.06. The predicted molar refractivity (Wildman–Crippen MR) is 90.0 cm³/mol. The first-order valence-corrected chi connectivity index (χ1v) is 9.92. The summed E-state index contributed by atoms with van der Waals surface area (Å²) in [7, 11) is -3.06. The van der Waals surface area contributed by atoms with Crippen LogP contribution in [-0.4, -0.2) is 45.2 Å². The molecule has 1 fully saturated rings. The van der Waals surface area contributed by atoms with Crippen molar-refractivity contribution in [2.24, 2.45) is 5.92 Å². The first-order valence-electron chi connectivity index (χ1n) is 8.09. The summed E-state index contributed by atoms with van der Waals surface area (Å²) in [6.45, 7) is 4.62. The molecule has 1 saturated heterocycles. The maximum absolute atomic E-state index is 11.7. The molecule has 1 aromatic rings. The number of carbonyl (C=O) groups excluding carboxylic acids is 1. The standard InChI is InChI=1S/C17H24O6S/c1-13(2)6-8-21-14-4-3-5-15(10-14)22-11-17(18)23-16-7-9-24(19,20)12-16/h3-5,10,13,16H,6-9,11-12H2,1-2H3. The van der Waals surface area contributed by atoms with E-state index in [1.165, 1.54) is 0 Å². The molecule has 0 saturated carbocycles. The van der Waals surface area contributed by atoms with Crippen LogP contribution < -0.4 is 9.47 Å². The molecule has 7 heteroatoms. The Morgan fingerprint density at radius 2 is 1.96 bits per heavy atom. The van der Waals surface area contributed by atoms with Gasteiger partial charge in [0.15, 0.2) is 16.4 Å². The number of rotatable bonds is 8. The van der Waals surface area contributed by atoms with Crippen LogP contribution >= 0.6 is 0 Å². The summed E-state index contributed by atoms with van der Waals surface area (Å²) < 4.78 is 38.8. The van der Waals surface area contributed by atoms with Crippen LogP contribution in [0.15, 0.2) is 24.3 Å². The smallest absolute Gasteiger partial charge is 0.344 e. The lowest BCUT2D eigenvalue weighted by Gasteiger charge is -2.12. The number of benzene rings is 1. The van der Waals surface area contributed by atoms with Crippen molar-refractivity contribution in [1.29, 1.82) is 0 Å². The second-order valence-electron chi connectivity index (χ2n) is 6.31. The molecule has 1 aliphatic rings. The van der Waals surface area contributed by atoms with Crippen molar-refractivity contribution in [3.05, 3.63) is 24.3 Å². The Hall–Kier alpha value is -1.76. The number of ether oxygens (including phenoxy) is 3. The zero-order valence-corrected chi connectivity index (χ0v) is 14.9. The molecule has 0 bridgehead atoms. The molecule has 0 aromatic heterocycles. The van der Waals surface area contributed by atoms with Crippen LogP contribution in [0.25, 0.3) is 0 Å². The lowest BCUT2D eigenvalue weighted by molar-refractivity contribution is -0.150. The van der Waals surface area contributed by atoms with Crippen molar-refractivity contribution in [1.82, 2.24) is 0 Å². The molecule has 0 amide bonds. The number of hydrogen-bond donors (Lipinski definition) is 0. The molecule has 1 unspecified atom stereocenters. The Morgan fingerprint density at radius 3 is 2.58 bits per heavy atom. The van der Waals surface area contributed by atoms with E-state index in [1.54, 1.807) is 18.2 Å². The van der Waals surface area contributed by atoms with Gasteiger partial charge in [-0.05, 0) is 30.9 Å². The van der Waals surface area contributed by atoms with Gasteiger partial charge in [0.2, 0.25) is 0 Å². The van der Waals surface area contributed by atoms with E-state index in [9.17, 15) is 13.2 Å². The number of esters is 1. The van der Waals surface area contributed by atoms with Gasteiger partial charge in [0.25, 0.3) is 0 Å². The van der Waals surface area contributed by atoms with Gasteiger partial charge in [0.1, 0.15) is 17.6 Å².